The summed E-state index contributed by atoms with van der Waals surface area (Å²) in [6, 6.07) is 5.49. The van der Waals surface area contributed by atoms with Gasteiger partial charge < -0.3 is 15.3 Å². The Morgan fingerprint density at radius 2 is 1.76 bits per heavy atom. The van der Waals surface area contributed by atoms with Gasteiger partial charge in [-0.1, -0.05) is 26.0 Å². The van der Waals surface area contributed by atoms with Crippen molar-refractivity contribution in [1.82, 2.24) is 9.97 Å². The minimum absolute atomic E-state index is 0. The van der Waals surface area contributed by atoms with Gasteiger partial charge >= 0.3 is 5.97 Å². The first-order valence-electron chi connectivity index (χ1n) is 10.2. The second kappa shape index (κ2) is 12.7. The molecule has 3 N–H and O–H groups in total. The normalized spacial score (nSPS) is 13.5. The molecule has 2 rings (SSSR count). The Morgan fingerprint density at radius 3 is 2.26 bits per heavy atom. The van der Waals surface area contributed by atoms with E-state index in [0.29, 0.717) is 22.5 Å². The number of aliphatic hydroxyl groups is 2. The van der Waals surface area contributed by atoms with Gasteiger partial charge in [-0.25, -0.2) is 27.1 Å². The fourth-order valence-corrected chi connectivity index (χ4v) is 3.42. The molecular formula is C22H28FN3NaO6S. The number of aromatic nitrogens is 2. The van der Waals surface area contributed by atoms with Gasteiger partial charge in [0, 0.05) is 54.2 Å². The Kier molecular flexibility index (Phi) is 11.3. The largest absolute Gasteiger partial charge is 0.481 e. The maximum Gasteiger partial charge on any atom is 0.305 e. The van der Waals surface area contributed by atoms with Gasteiger partial charge in [0.2, 0.25) is 16.0 Å². The second-order valence-corrected chi connectivity index (χ2v) is 9.99. The molecule has 0 saturated carbocycles. The summed E-state index contributed by atoms with van der Waals surface area (Å²) in [4.78, 5) is 19.6. The molecule has 12 heteroatoms. The summed E-state index contributed by atoms with van der Waals surface area (Å²) in [5.74, 6) is -1.87. The molecular weight excluding hydrogens is 476 g/mol. The minimum Gasteiger partial charge on any atom is -0.481 e. The molecule has 0 bridgehead atoms. The van der Waals surface area contributed by atoms with E-state index in [-0.39, 0.29) is 47.8 Å². The zero-order valence-electron chi connectivity index (χ0n) is 19.8. The first-order chi connectivity index (χ1) is 15.3. The van der Waals surface area contributed by atoms with Crippen molar-refractivity contribution in [3.8, 4) is 11.3 Å². The monoisotopic (exact) mass is 504 g/mol. The molecule has 1 radical (unpaired) electrons. The van der Waals surface area contributed by atoms with Crippen LogP contribution in [0.25, 0.3) is 17.3 Å². The fraction of sp³-hybridized carbons (Fsp3) is 0.409. The van der Waals surface area contributed by atoms with Crippen LogP contribution in [0.4, 0.5) is 10.3 Å². The van der Waals surface area contributed by atoms with E-state index in [1.807, 2.05) is 13.8 Å². The number of carbonyl (C=O) groups is 1. The van der Waals surface area contributed by atoms with Crippen LogP contribution in [0, 0.1) is 5.82 Å². The zero-order chi connectivity index (χ0) is 24.9. The van der Waals surface area contributed by atoms with Crippen molar-refractivity contribution in [2.45, 2.75) is 44.8 Å². The predicted octanol–water partition coefficient (Wildman–Crippen LogP) is 2.02. The van der Waals surface area contributed by atoms with E-state index in [1.165, 1.54) is 43.5 Å². The maximum absolute atomic E-state index is 13.5. The molecule has 0 aliphatic carbocycles. The number of halogens is 1. The van der Waals surface area contributed by atoms with Gasteiger partial charge in [-0.05, 0) is 30.2 Å². The third kappa shape index (κ3) is 8.40. The number of aliphatic carboxylic acids is 1. The number of anilines is 1. The Balaban J connectivity index is 0.00000578. The Morgan fingerprint density at radius 1 is 1.18 bits per heavy atom. The van der Waals surface area contributed by atoms with Crippen LogP contribution in [0.3, 0.4) is 0 Å². The van der Waals surface area contributed by atoms with Crippen molar-refractivity contribution >= 4 is 57.6 Å². The van der Waals surface area contributed by atoms with E-state index in [2.05, 4.69) is 9.97 Å². The molecule has 0 aliphatic rings. The number of rotatable bonds is 10. The molecule has 2 atom stereocenters. The third-order valence-corrected chi connectivity index (χ3v) is 5.97. The summed E-state index contributed by atoms with van der Waals surface area (Å²) in [5, 5.41) is 28.8. The smallest absolute Gasteiger partial charge is 0.305 e. The van der Waals surface area contributed by atoms with Crippen molar-refractivity contribution in [1.29, 1.82) is 0 Å². The number of aliphatic hydroxyl groups excluding tert-OH is 2. The fourth-order valence-electron chi connectivity index (χ4n) is 3.05. The Bertz CT molecular complexity index is 1130. The molecule has 1 heterocycles. The van der Waals surface area contributed by atoms with Gasteiger partial charge in [-0.3, -0.25) is 4.79 Å². The van der Waals surface area contributed by atoms with Crippen LogP contribution in [0.1, 0.15) is 43.9 Å². The summed E-state index contributed by atoms with van der Waals surface area (Å²) < 4.78 is 38.6. The van der Waals surface area contributed by atoms with Crippen LogP contribution in [0.15, 0.2) is 30.3 Å². The molecule has 34 heavy (non-hydrogen) atoms. The molecule has 0 spiro atoms. The van der Waals surface area contributed by atoms with E-state index >= 15 is 0 Å². The van der Waals surface area contributed by atoms with Crippen LogP contribution in [-0.4, -0.2) is 94.7 Å². The molecule has 0 unspecified atom stereocenters. The number of hydrogen-bond donors (Lipinski definition) is 3. The molecule has 0 saturated heterocycles. The molecule has 2 aromatic rings. The molecule has 0 fully saturated rings. The van der Waals surface area contributed by atoms with Crippen LogP contribution >= 0.6 is 0 Å². The number of hydrogen-bond acceptors (Lipinski definition) is 7. The van der Waals surface area contributed by atoms with Crippen LogP contribution in [-0.2, 0) is 14.8 Å². The van der Waals surface area contributed by atoms with Gasteiger partial charge in [-0.2, -0.15) is 0 Å². The van der Waals surface area contributed by atoms with Gasteiger partial charge in [0.05, 0.1) is 36.3 Å². The van der Waals surface area contributed by atoms with Crippen molar-refractivity contribution in [3.63, 3.8) is 0 Å². The van der Waals surface area contributed by atoms with E-state index in [9.17, 15) is 27.8 Å². The SMILES string of the molecule is CC(C)c1nc(N(C)S(C)(=O)=O)nc(-c2ccc(F)cc2)c1C=C[C@@H](O)C[C@@H](O)CC(=O)O.[Na]. The quantitative estimate of drug-likeness (QED) is 0.418. The van der Waals surface area contributed by atoms with Gasteiger partial charge in [-0.15, -0.1) is 0 Å². The second-order valence-electron chi connectivity index (χ2n) is 7.98. The average molecular weight is 505 g/mol. The Hall–Kier alpha value is -1.89. The minimum atomic E-state index is -3.65. The van der Waals surface area contributed by atoms with Crippen molar-refractivity contribution < 1.29 is 32.9 Å². The van der Waals surface area contributed by atoms with Crippen LogP contribution in [0.5, 0.6) is 0 Å². The third-order valence-electron chi connectivity index (χ3n) is 4.82. The van der Waals surface area contributed by atoms with Crippen molar-refractivity contribution in [3.05, 3.63) is 47.4 Å². The summed E-state index contributed by atoms with van der Waals surface area (Å²) in [7, 11) is -2.33. The topological polar surface area (TPSA) is 141 Å². The zero-order valence-corrected chi connectivity index (χ0v) is 22.6. The first kappa shape index (κ1) is 30.1. The summed E-state index contributed by atoms with van der Waals surface area (Å²) in [6.07, 6.45) is 0.860. The maximum atomic E-state index is 13.5. The summed E-state index contributed by atoms with van der Waals surface area (Å²) in [5.41, 5.74) is 1.80. The van der Waals surface area contributed by atoms with Crippen LogP contribution < -0.4 is 4.31 Å². The van der Waals surface area contributed by atoms with Crippen LogP contribution in [0.2, 0.25) is 0 Å². The van der Waals surface area contributed by atoms with Gasteiger partial charge in [0.1, 0.15) is 5.82 Å². The molecule has 181 valence electrons. The number of sulfonamides is 1. The molecule has 0 amide bonds. The van der Waals surface area contributed by atoms with E-state index in [1.54, 1.807) is 0 Å². The predicted molar refractivity (Wildman–Crippen MR) is 128 cm³/mol. The average Bonchev–Trinajstić information content (AvgIpc) is 2.70. The van der Waals surface area contributed by atoms with E-state index < -0.39 is 40.4 Å². The number of carboxylic acid groups (broad SMARTS) is 1. The standard InChI is InChI=1S/C22H28FN3O6S.Na/c1-13(2)20-18(10-9-16(27)11-17(28)12-19(29)30)21(14-5-7-15(23)8-6-14)25-22(24-20)26(3)33(4,31)32;/h5-10,13,16-17,27-28H,11-12H2,1-4H3,(H,29,30);/t16-,17-;/m1./s1. The molecule has 0 aliphatic heterocycles. The molecule has 9 nitrogen and oxygen atoms in total. The Labute approximate surface area is 220 Å². The number of benzene rings is 1. The van der Waals surface area contributed by atoms with E-state index in [0.717, 1.165) is 10.6 Å². The number of nitrogens with zero attached hydrogens (tertiary/aromatic N) is 3. The van der Waals surface area contributed by atoms with Crippen molar-refractivity contribution in [2.24, 2.45) is 0 Å². The van der Waals surface area contributed by atoms with Crippen molar-refractivity contribution in [2.75, 3.05) is 17.6 Å². The van der Waals surface area contributed by atoms with Gasteiger partial charge in [0.15, 0.2) is 0 Å². The van der Waals surface area contributed by atoms with Gasteiger partial charge in [0.25, 0.3) is 0 Å². The van der Waals surface area contributed by atoms with E-state index in [4.69, 9.17) is 5.11 Å². The summed E-state index contributed by atoms with van der Waals surface area (Å²) >= 11 is 0. The molecule has 1 aromatic heterocycles. The first-order valence-corrected chi connectivity index (χ1v) is 12.0. The number of carboxylic acids is 1. The molecule has 1 aromatic carbocycles. The summed E-state index contributed by atoms with van der Waals surface area (Å²) in [6.45, 7) is 3.71.